The summed E-state index contributed by atoms with van der Waals surface area (Å²) in [6.45, 7) is 8.65. The molecular formula is C11H22O3. The number of carbonyl (C=O) groups is 1. The van der Waals surface area contributed by atoms with Crippen molar-refractivity contribution < 1.29 is 14.6 Å². The van der Waals surface area contributed by atoms with E-state index in [2.05, 4.69) is 13.8 Å². The van der Waals surface area contributed by atoms with E-state index < -0.39 is 11.4 Å². The molecule has 0 aromatic carbocycles. The Hall–Kier alpha value is -0.570. The summed E-state index contributed by atoms with van der Waals surface area (Å²) in [7, 11) is 0. The second-order valence-corrected chi connectivity index (χ2v) is 4.78. The highest BCUT2D eigenvalue weighted by molar-refractivity contribution is 5.73. The summed E-state index contributed by atoms with van der Waals surface area (Å²) < 4.78 is 5.33. The third-order valence-electron chi connectivity index (χ3n) is 2.11. The van der Waals surface area contributed by atoms with Crippen LogP contribution >= 0.6 is 0 Å². The highest BCUT2D eigenvalue weighted by atomic mass is 16.5. The van der Waals surface area contributed by atoms with E-state index in [1.165, 1.54) is 0 Å². The summed E-state index contributed by atoms with van der Waals surface area (Å²) in [5, 5.41) is 8.81. The van der Waals surface area contributed by atoms with Crippen LogP contribution in [-0.2, 0) is 9.53 Å². The molecule has 1 N–H and O–H groups in total. The zero-order valence-electron chi connectivity index (χ0n) is 9.67. The molecule has 3 nitrogen and oxygen atoms in total. The molecular weight excluding hydrogens is 180 g/mol. The van der Waals surface area contributed by atoms with Crippen LogP contribution in [0.1, 0.15) is 40.5 Å². The summed E-state index contributed by atoms with van der Waals surface area (Å²) in [4.78, 5) is 10.7. The van der Waals surface area contributed by atoms with Crippen LogP contribution in [0.4, 0.5) is 0 Å². The summed E-state index contributed by atoms with van der Waals surface area (Å²) in [5.41, 5.74) is -0.766. The fourth-order valence-electron chi connectivity index (χ4n) is 0.983. The van der Waals surface area contributed by atoms with Crippen LogP contribution in [0.2, 0.25) is 0 Å². The van der Waals surface area contributed by atoms with Crippen molar-refractivity contribution in [3.8, 4) is 0 Å². The first kappa shape index (κ1) is 13.4. The zero-order chi connectivity index (χ0) is 11.2. The van der Waals surface area contributed by atoms with Crippen LogP contribution in [0.3, 0.4) is 0 Å². The van der Waals surface area contributed by atoms with Crippen LogP contribution in [0.15, 0.2) is 0 Å². The van der Waals surface area contributed by atoms with Crippen molar-refractivity contribution in [3.05, 3.63) is 0 Å². The van der Waals surface area contributed by atoms with Crippen molar-refractivity contribution in [2.24, 2.45) is 11.3 Å². The molecule has 0 rings (SSSR count). The predicted molar refractivity (Wildman–Crippen MR) is 56.3 cm³/mol. The van der Waals surface area contributed by atoms with Gasteiger partial charge in [0.25, 0.3) is 0 Å². The van der Waals surface area contributed by atoms with E-state index in [9.17, 15) is 4.79 Å². The van der Waals surface area contributed by atoms with Crippen LogP contribution in [0, 0.1) is 11.3 Å². The van der Waals surface area contributed by atoms with Gasteiger partial charge in [0, 0.05) is 6.61 Å². The van der Waals surface area contributed by atoms with E-state index in [0.717, 1.165) is 12.8 Å². The topological polar surface area (TPSA) is 46.5 Å². The van der Waals surface area contributed by atoms with Crippen molar-refractivity contribution in [2.75, 3.05) is 13.2 Å². The Balaban J connectivity index is 3.49. The Morgan fingerprint density at radius 1 is 1.43 bits per heavy atom. The normalized spacial score (nSPS) is 12.1. The van der Waals surface area contributed by atoms with Crippen molar-refractivity contribution in [2.45, 2.75) is 40.5 Å². The molecule has 0 unspecified atom stereocenters. The fourth-order valence-corrected chi connectivity index (χ4v) is 0.983. The molecule has 3 heteroatoms. The predicted octanol–water partition coefficient (Wildman–Crippen LogP) is 2.55. The molecule has 0 radical (unpaired) electrons. The van der Waals surface area contributed by atoms with Crippen LogP contribution in [-0.4, -0.2) is 24.3 Å². The van der Waals surface area contributed by atoms with Gasteiger partial charge in [-0.25, -0.2) is 0 Å². The lowest BCUT2D eigenvalue weighted by Crippen LogP contribution is -2.29. The van der Waals surface area contributed by atoms with Gasteiger partial charge in [0.15, 0.2) is 0 Å². The fraction of sp³-hybridized carbons (Fsp3) is 0.909. The molecule has 0 spiro atoms. The Bertz CT molecular complexity index is 173. The van der Waals surface area contributed by atoms with E-state index >= 15 is 0 Å². The lowest BCUT2D eigenvalue weighted by molar-refractivity contribution is -0.150. The van der Waals surface area contributed by atoms with E-state index in [1.807, 2.05) is 0 Å². The van der Waals surface area contributed by atoms with E-state index in [4.69, 9.17) is 9.84 Å². The van der Waals surface area contributed by atoms with Gasteiger partial charge in [-0.15, -0.1) is 0 Å². The maximum Gasteiger partial charge on any atom is 0.311 e. The number of ether oxygens (including phenoxy) is 1. The molecule has 0 saturated heterocycles. The molecule has 0 heterocycles. The summed E-state index contributed by atoms with van der Waals surface area (Å²) >= 11 is 0. The second kappa shape index (κ2) is 6.02. The number of rotatable bonds is 7. The monoisotopic (exact) mass is 202 g/mol. The van der Waals surface area contributed by atoms with Gasteiger partial charge in [0.05, 0.1) is 12.0 Å². The van der Waals surface area contributed by atoms with E-state index in [0.29, 0.717) is 19.1 Å². The Kier molecular flexibility index (Phi) is 5.77. The van der Waals surface area contributed by atoms with Crippen LogP contribution in [0.5, 0.6) is 0 Å². The number of hydrogen-bond donors (Lipinski definition) is 1. The molecule has 84 valence electrons. The lowest BCUT2D eigenvalue weighted by atomic mass is 9.95. The molecule has 0 aliphatic carbocycles. The molecule has 0 atom stereocenters. The van der Waals surface area contributed by atoms with Gasteiger partial charge in [0.2, 0.25) is 0 Å². The van der Waals surface area contributed by atoms with Crippen molar-refractivity contribution >= 4 is 5.97 Å². The smallest absolute Gasteiger partial charge is 0.311 e. The van der Waals surface area contributed by atoms with Gasteiger partial charge in [-0.3, -0.25) is 4.79 Å². The summed E-state index contributed by atoms with van der Waals surface area (Å²) in [5.74, 6) is -0.118. The molecule has 14 heavy (non-hydrogen) atoms. The number of carboxylic acids is 1. The maximum atomic E-state index is 10.7. The quantitative estimate of drug-likeness (QED) is 0.645. The van der Waals surface area contributed by atoms with Gasteiger partial charge in [-0.05, 0) is 32.6 Å². The maximum absolute atomic E-state index is 10.7. The molecule has 0 aromatic rings. The molecule has 0 amide bonds. The van der Waals surface area contributed by atoms with Crippen molar-refractivity contribution in [1.29, 1.82) is 0 Å². The van der Waals surface area contributed by atoms with Gasteiger partial charge in [0.1, 0.15) is 0 Å². The highest BCUT2D eigenvalue weighted by Crippen LogP contribution is 2.15. The SMILES string of the molecule is CC(C)CCCOCC(C)(C)C(=O)O. The molecule has 0 bridgehead atoms. The summed E-state index contributed by atoms with van der Waals surface area (Å²) in [6, 6.07) is 0. The van der Waals surface area contributed by atoms with Crippen molar-refractivity contribution in [1.82, 2.24) is 0 Å². The van der Waals surface area contributed by atoms with Gasteiger partial charge in [-0.1, -0.05) is 13.8 Å². The minimum absolute atomic E-state index is 0.292. The van der Waals surface area contributed by atoms with Gasteiger partial charge in [-0.2, -0.15) is 0 Å². The average Bonchev–Trinajstić information content (AvgIpc) is 2.02. The van der Waals surface area contributed by atoms with Gasteiger partial charge < -0.3 is 9.84 Å². The van der Waals surface area contributed by atoms with E-state index in [-0.39, 0.29) is 0 Å². The first-order chi connectivity index (χ1) is 6.36. The van der Waals surface area contributed by atoms with Gasteiger partial charge >= 0.3 is 5.97 Å². The Morgan fingerprint density at radius 2 is 2.00 bits per heavy atom. The zero-order valence-corrected chi connectivity index (χ0v) is 9.67. The minimum Gasteiger partial charge on any atom is -0.481 e. The third kappa shape index (κ3) is 5.97. The number of hydrogen-bond acceptors (Lipinski definition) is 2. The molecule has 0 aromatic heterocycles. The molecule has 0 fully saturated rings. The second-order valence-electron chi connectivity index (χ2n) is 4.78. The standard InChI is InChI=1S/C11H22O3/c1-9(2)6-5-7-14-8-11(3,4)10(12)13/h9H,5-8H2,1-4H3,(H,12,13). The first-order valence-corrected chi connectivity index (χ1v) is 5.17. The largest absolute Gasteiger partial charge is 0.481 e. The Labute approximate surface area is 86.5 Å². The lowest BCUT2D eigenvalue weighted by Gasteiger charge is -2.18. The third-order valence-corrected chi connectivity index (χ3v) is 2.11. The minimum atomic E-state index is -0.804. The number of carboxylic acid groups (broad SMARTS) is 1. The average molecular weight is 202 g/mol. The molecule has 0 saturated carbocycles. The molecule has 0 aliphatic rings. The molecule has 0 aliphatic heterocycles. The Morgan fingerprint density at radius 3 is 2.43 bits per heavy atom. The highest BCUT2D eigenvalue weighted by Gasteiger charge is 2.27. The number of aliphatic carboxylic acids is 1. The van der Waals surface area contributed by atoms with Crippen LogP contribution < -0.4 is 0 Å². The van der Waals surface area contributed by atoms with E-state index in [1.54, 1.807) is 13.8 Å². The first-order valence-electron chi connectivity index (χ1n) is 5.17. The van der Waals surface area contributed by atoms with Crippen LogP contribution in [0.25, 0.3) is 0 Å². The van der Waals surface area contributed by atoms with Crippen molar-refractivity contribution in [3.63, 3.8) is 0 Å². The summed E-state index contributed by atoms with van der Waals surface area (Å²) in [6.07, 6.45) is 2.14.